The molecular weight excluding hydrogens is 168 g/mol. The van der Waals surface area contributed by atoms with Gasteiger partial charge in [0.2, 0.25) is 0 Å². The van der Waals surface area contributed by atoms with Crippen LogP contribution in [0.1, 0.15) is 30.3 Å². The maximum atomic E-state index is 11.7. The second kappa shape index (κ2) is 3.16. The first-order valence-corrected chi connectivity index (χ1v) is 4.49. The quantitative estimate of drug-likeness (QED) is 0.733. The van der Waals surface area contributed by atoms with Crippen molar-refractivity contribution in [1.29, 1.82) is 0 Å². The molecule has 1 N–H and O–H groups in total. The van der Waals surface area contributed by atoms with Crippen molar-refractivity contribution in [1.82, 2.24) is 20.3 Å². The van der Waals surface area contributed by atoms with E-state index in [4.69, 9.17) is 0 Å². The molecule has 1 saturated carbocycles. The zero-order chi connectivity index (χ0) is 9.26. The lowest BCUT2D eigenvalue weighted by Crippen LogP contribution is -2.33. The van der Waals surface area contributed by atoms with Gasteiger partial charge in [-0.2, -0.15) is 15.4 Å². The van der Waals surface area contributed by atoms with Gasteiger partial charge in [-0.05, 0) is 19.8 Å². The molecule has 1 aromatic rings. The molecule has 1 aliphatic carbocycles. The molecule has 0 aromatic carbocycles. The molecular formula is C8H12N4O. The van der Waals surface area contributed by atoms with Gasteiger partial charge in [-0.3, -0.25) is 4.79 Å². The van der Waals surface area contributed by atoms with Crippen molar-refractivity contribution in [3.63, 3.8) is 0 Å². The van der Waals surface area contributed by atoms with Crippen LogP contribution in [0.2, 0.25) is 0 Å². The second-order valence-corrected chi connectivity index (χ2v) is 3.18. The number of H-pyrrole nitrogens is 1. The fourth-order valence-electron chi connectivity index (χ4n) is 1.41. The molecule has 0 bridgehead atoms. The van der Waals surface area contributed by atoms with Crippen LogP contribution in [0.15, 0.2) is 6.20 Å². The Hall–Kier alpha value is -1.39. The molecule has 2 rings (SSSR count). The molecule has 0 aliphatic heterocycles. The highest BCUT2D eigenvalue weighted by Crippen LogP contribution is 2.27. The van der Waals surface area contributed by atoms with Crippen LogP contribution in [0.4, 0.5) is 0 Å². The molecule has 1 heterocycles. The van der Waals surface area contributed by atoms with Crippen molar-refractivity contribution >= 4 is 5.91 Å². The van der Waals surface area contributed by atoms with E-state index >= 15 is 0 Å². The summed E-state index contributed by atoms with van der Waals surface area (Å²) in [6.45, 7) is 2.73. The summed E-state index contributed by atoms with van der Waals surface area (Å²) in [6, 6.07) is 0.439. The lowest BCUT2D eigenvalue weighted by Gasteiger charge is -2.18. The zero-order valence-electron chi connectivity index (χ0n) is 7.53. The number of hydrogen-bond acceptors (Lipinski definition) is 3. The number of carbonyl (C=O) groups is 1. The average molecular weight is 180 g/mol. The largest absolute Gasteiger partial charge is 0.334 e. The Balaban J connectivity index is 2.10. The van der Waals surface area contributed by atoms with Gasteiger partial charge in [0.1, 0.15) is 0 Å². The van der Waals surface area contributed by atoms with Crippen LogP contribution in [0, 0.1) is 0 Å². The second-order valence-electron chi connectivity index (χ2n) is 3.18. The van der Waals surface area contributed by atoms with Crippen LogP contribution in [-0.2, 0) is 0 Å². The average Bonchev–Trinajstić information content (AvgIpc) is 2.83. The van der Waals surface area contributed by atoms with Crippen LogP contribution in [0.25, 0.3) is 0 Å². The van der Waals surface area contributed by atoms with Gasteiger partial charge in [0.15, 0.2) is 5.69 Å². The third-order valence-corrected chi connectivity index (χ3v) is 2.22. The first kappa shape index (κ1) is 8.22. The van der Waals surface area contributed by atoms with E-state index in [1.54, 1.807) is 0 Å². The fourth-order valence-corrected chi connectivity index (χ4v) is 1.41. The highest BCUT2D eigenvalue weighted by Gasteiger charge is 2.32. The fraction of sp³-hybridized carbons (Fsp3) is 0.625. The van der Waals surface area contributed by atoms with Crippen LogP contribution in [0.3, 0.4) is 0 Å². The van der Waals surface area contributed by atoms with E-state index < -0.39 is 0 Å². The summed E-state index contributed by atoms with van der Waals surface area (Å²) in [5.74, 6) is -0.0150. The van der Waals surface area contributed by atoms with Crippen molar-refractivity contribution in [3.8, 4) is 0 Å². The maximum absolute atomic E-state index is 11.7. The van der Waals surface area contributed by atoms with E-state index in [1.807, 2.05) is 11.8 Å². The standard InChI is InChI=1S/C8H12N4O/c1-2-12(6-3-4-6)8(13)7-5-9-11-10-7/h5-6H,2-4H2,1H3,(H,9,10,11). The lowest BCUT2D eigenvalue weighted by molar-refractivity contribution is 0.0746. The topological polar surface area (TPSA) is 61.9 Å². The predicted molar refractivity (Wildman–Crippen MR) is 46.1 cm³/mol. The number of rotatable bonds is 3. The molecule has 1 amide bonds. The Kier molecular flexibility index (Phi) is 2.00. The van der Waals surface area contributed by atoms with Gasteiger partial charge in [-0.1, -0.05) is 0 Å². The van der Waals surface area contributed by atoms with Crippen molar-refractivity contribution < 1.29 is 4.79 Å². The lowest BCUT2D eigenvalue weighted by atomic mass is 10.3. The summed E-state index contributed by atoms with van der Waals surface area (Å²) in [5.41, 5.74) is 0.411. The minimum Gasteiger partial charge on any atom is -0.334 e. The Morgan fingerprint density at radius 1 is 1.77 bits per heavy atom. The minimum absolute atomic E-state index is 0.0150. The highest BCUT2D eigenvalue weighted by molar-refractivity contribution is 5.92. The van der Waals surface area contributed by atoms with Gasteiger partial charge in [-0.25, -0.2) is 0 Å². The van der Waals surface area contributed by atoms with Crippen LogP contribution >= 0.6 is 0 Å². The summed E-state index contributed by atoms with van der Waals surface area (Å²) in [7, 11) is 0. The maximum Gasteiger partial charge on any atom is 0.276 e. The number of hydrogen-bond donors (Lipinski definition) is 1. The number of aromatic nitrogens is 3. The third kappa shape index (κ3) is 1.54. The monoisotopic (exact) mass is 180 g/mol. The van der Waals surface area contributed by atoms with Gasteiger partial charge in [0, 0.05) is 12.6 Å². The molecule has 1 aliphatic rings. The van der Waals surface area contributed by atoms with E-state index in [0.717, 1.165) is 19.4 Å². The van der Waals surface area contributed by atoms with E-state index in [2.05, 4.69) is 15.4 Å². The summed E-state index contributed by atoms with van der Waals surface area (Å²) < 4.78 is 0. The molecule has 0 unspecified atom stereocenters. The summed E-state index contributed by atoms with van der Waals surface area (Å²) in [5, 5.41) is 9.83. The molecule has 1 aromatic heterocycles. The van der Waals surface area contributed by atoms with E-state index in [9.17, 15) is 4.79 Å². The summed E-state index contributed by atoms with van der Waals surface area (Å²) in [6.07, 6.45) is 3.71. The molecule has 70 valence electrons. The number of carbonyl (C=O) groups excluding carboxylic acids is 1. The summed E-state index contributed by atoms with van der Waals surface area (Å²) in [4.78, 5) is 13.6. The molecule has 0 radical (unpaired) electrons. The Labute approximate surface area is 76.1 Å². The molecule has 1 fully saturated rings. The van der Waals surface area contributed by atoms with Crippen molar-refractivity contribution in [2.45, 2.75) is 25.8 Å². The first-order valence-electron chi connectivity index (χ1n) is 4.49. The van der Waals surface area contributed by atoms with Gasteiger partial charge < -0.3 is 4.90 Å². The van der Waals surface area contributed by atoms with E-state index in [0.29, 0.717) is 11.7 Å². The molecule has 13 heavy (non-hydrogen) atoms. The normalized spacial score (nSPS) is 15.8. The van der Waals surface area contributed by atoms with E-state index in [-0.39, 0.29) is 5.91 Å². The Morgan fingerprint density at radius 3 is 3.00 bits per heavy atom. The number of amides is 1. The van der Waals surface area contributed by atoms with Gasteiger partial charge >= 0.3 is 0 Å². The zero-order valence-corrected chi connectivity index (χ0v) is 7.53. The van der Waals surface area contributed by atoms with Gasteiger partial charge in [0.05, 0.1) is 6.20 Å². The van der Waals surface area contributed by atoms with Crippen molar-refractivity contribution in [2.75, 3.05) is 6.54 Å². The Morgan fingerprint density at radius 2 is 2.54 bits per heavy atom. The van der Waals surface area contributed by atoms with Crippen molar-refractivity contribution in [3.05, 3.63) is 11.9 Å². The molecule has 5 nitrogen and oxygen atoms in total. The minimum atomic E-state index is -0.0150. The van der Waals surface area contributed by atoms with Gasteiger partial charge in [-0.15, -0.1) is 0 Å². The third-order valence-electron chi connectivity index (χ3n) is 2.22. The smallest absolute Gasteiger partial charge is 0.276 e. The Bertz CT molecular complexity index is 291. The number of nitrogens with zero attached hydrogens (tertiary/aromatic N) is 3. The van der Waals surface area contributed by atoms with Crippen LogP contribution in [-0.4, -0.2) is 38.8 Å². The first-order chi connectivity index (χ1) is 6.33. The van der Waals surface area contributed by atoms with Crippen LogP contribution < -0.4 is 0 Å². The van der Waals surface area contributed by atoms with Crippen LogP contribution in [0.5, 0.6) is 0 Å². The van der Waals surface area contributed by atoms with E-state index in [1.165, 1.54) is 6.20 Å². The van der Waals surface area contributed by atoms with Crippen molar-refractivity contribution in [2.24, 2.45) is 0 Å². The number of aromatic amines is 1. The molecule has 0 spiro atoms. The molecule has 0 atom stereocenters. The van der Waals surface area contributed by atoms with Gasteiger partial charge in [0.25, 0.3) is 5.91 Å². The number of nitrogens with one attached hydrogen (secondary N) is 1. The molecule has 0 saturated heterocycles. The summed E-state index contributed by atoms with van der Waals surface area (Å²) >= 11 is 0. The SMILES string of the molecule is CCN(C(=O)c1cn[nH]n1)C1CC1. The predicted octanol–water partition coefficient (Wildman–Crippen LogP) is 0.429. The molecule has 5 heteroatoms. The highest BCUT2D eigenvalue weighted by atomic mass is 16.2.